The van der Waals surface area contributed by atoms with Crippen LogP contribution in [0.2, 0.25) is 0 Å². The lowest BCUT2D eigenvalue weighted by atomic mass is 10.2. The minimum atomic E-state index is -0.429. The van der Waals surface area contributed by atoms with Crippen LogP contribution in [0.1, 0.15) is 21.8 Å². The van der Waals surface area contributed by atoms with Gasteiger partial charge in [0, 0.05) is 5.56 Å². The van der Waals surface area contributed by atoms with Gasteiger partial charge in [-0.05, 0) is 17.7 Å². The van der Waals surface area contributed by atoms with Crippen molar-refractivity contribution in [1.29, 1.82) is 0 Å². The average molecular weight is 353 g/mol. The number of amides is 2. The van der Waals surface area contributed by atoms with Crippen molar-refractivity contribution in [1.82, 2.24) is 15.5 Å². The van der Waals surface area contributed by atoms with Crippen LogP contribution in [0.5, 0.6) is 0 Å². The lowest BCUT2D eigenvalue weighted by Crippen LogP contribution is -2.31. The predicted molar refractivity (Wildman–Crippen MR) is 93.2 cm³/mol. The molecule has 0 aliphatic carbocycles. The quantitative estimate of drug-likeness (QED) is 0.686. The van der Waals surface area contributed by atoms with Crippen LogP contribution in [-0.4, -0.2) is 27.8 Å². The number of imide groups is 1. The number of hydrogen-bond donors (Lipinski definition) is 1. The van der Waals surface area contributed by atoms with Crippen LogP contribution in [0.3, 0.4) is 0 Å². The largest absolute Gasteiger partial charge is 0.416 e. The second-order valence-corrected chi connectivity index (χ2v) is 6.08. The van der Waals surface area contributed by atoms with Crippen molar-refractivity contribution < 1.29 is 14.0 Å². The van der Waals surface area contributed by atoms with Crippen LogP contribution in [-0.2, 0) is 11.2 Å². The van der Waals surface area contributed by atoms with Crippen molar-refractivity contribution in [3.63, 3.8) is 0 Å². The van der Waals surface area contributed by atoms with E-state index in [2.05, 4.69) is 15.5 Å². The monoisotopic (exact) mass is 353 g/mol. The van der Waals surface area contributed by atoms with Crippen LogP contribution in [0.25, 0.3) is 0 Å². The SMILES string of the molecule is O=C(CSc1nnc(Cc2ccccc2)o1)NC(=O)c1ccccc1. The Morgan fingerprint density at radius 3 is 2.36 bits per heavy atom. The first-order valence-corrected chi connectivity index (χ1v) is 8.57. The van der Waals surface area contributed by atoms with Crippen molar-refractivity contribution in [3.8, 4) is 0 Å². The van der Waals surface area contributed by atoms with Crippen molar-refractivity contribution >= 4 is 23.6 Å². The van der Waals surface area contributed by atoms with Crippen molar-refractivity contribution in [2.75, 3.05) is 5.75 Å². The number of thioether (sulfide) groups is 1. The lowest BCUT2D eigenvalue weighted by molar-refractivity contribution is -0.117. The van der Waals surface area contributed by atoms with Gasteiger partial charge in [-0.3, -0.25) is 14.9 Å². The second-order valence-electron chi connectivity index (χ2n) is 5.16. The smallest absolute Gasteiger partial charge is 0.277 e. The number of nitrogens with zero attached hydrogens (tertiary/aromatic N) is 2. The Balaban J connectivity index is 1.48. The zero-order valence-corrected chi connectivity index (χ0v) is 14.0. The molecule has 0 fully saturated rings. The Bertz CT molecular complexity index is 850. The van der Waals surface area contributed by atoms with E-state index in [9.17, 15) is 9.59 Å². The highest BCUT2D eigenvalue weighted by Crippen LogP contribution is 2.17. The number of nitrogens with one attached hydrogen (secondary N) is 1. The summed E-state index contributed by atoms with van der Waals surface area (Å²) in [5, 5.41) is 10.5. The summed E-state index contributed by atoms with van der Waals surface area (Å²) in [6.07, 6.45) is 0.535. The predicted octanol–water partition coefficient (Wildman–Crippen LogP) is 2.71. The molecule has 0 saturated carbocycles. The third-order valence-corrected chi connectivity index (χ3v) is 4.08. The molecule has 0 aliphatic rings. The van der Waals surface area contributed by atoms with Crippen LogP contribution in [0, 0.1) is 0 Å². The Morgan fingerprint density at radius 1 is 0.960 bits per heavy atom. The van der Waals surface area contributed by atoms with Crippen LogP contribution < -0.4 is 5.32 Å². The molecule has 7 heteroatoms. The number of carbonyl (C=O) groups excluding carboxylic acids is 2. The van der Waals surface area contributed by atoms with E-state index in [-0.39, 0.29) is 5.75 Å². The molecule has 2 aromatic carbocycles. The highest BCUT2D eigenvalue weighted by Gasteiger charge is 2.13. The third kappa shape index (κ3) is 5.02. The Labute approximate surface area is 148 Å². The number of rotatable bonds is 6. The summed E-state index contributed by atoms with van der Waals surface area (Å²) >= 11 is 1.09. The first-order valence-electron chi connectivity index (χ1n) is 7.59. The Morgan fingerprint density at radius 2 is 1.64 bits per heavy atom. The standard InChI is InChI=1S/C18H15N3O3S/c22-15(19-17(23)14-9-5-2-6-10-14)12-25-18-21-20-16(24-18)11-13-7-3-1-4-8-13/h1-10H,11-12H2,(H,19,22,23). The summed E-state index contributed by atoms with van der Waals surface area (Å²) in [5.74, 6) is -0.344. The molecule has 3 rings (SSSR count). The fourth-order valence-electron chi connectivity index (χ4n) is 2.09. The first kappa shape index (κ1) is 16.9. The van der Waals surface area contributed by atoms with Gasteiger partial charge >= 0.3 is 0 Å². The van der Waals surface area contributed by atoms with Gasteiger partial charge in [-0.15, -0.1) is 10.2 Å². The van der Waals surface area contributed by atoms with E-state index in [1.165, 1.54) is 0 Å². The number of hydrogen-bond acceptors (Lipinski definition) is 6. The van der Waals surface area contributed by atoms with Crippen molar-refractivity contribution in [2.45, 2.75) is 11.6 Å². The zero-order chi connectivity index (χ0) is 17.5. The average Bonchev–Trinajstić information content (AvgIpc) is 3.09. The van der Waals surface area contributed by atoms with E-state index in [1.54, 1.807) is 30.3 Å². The maximum atomic E-state index is 11.9. The van der Waals surface area contributed by atoms with Gasteiger partial charge in [0.25, 0.3) is 11.1 Å². The van der Waals surface area contributed by atoms with Gasteiger partial charge in [-0.2, -0.15) is 0 Å². The summed E-state index contributed by atoms with van der Waals surface area (Å²) < 4.78 is 5.50. The summed E-state index contributed by atoms with van der Waals surface area (Å²) in [5.41, 5.74) is 1.50. The number of carbonyl (C=O) groups is 2. The lowest BCUT2D eigenvalue weighted by Gasteiger charge is -2.02. The highest BCUT2D eigenvalue weighted by atomic mass is 32.2. The molecule has 0 atom stereocenters. The highest BCUT2D eigenvalue weighted by molar-refractivity contribution is 7.99. The van der Waals surface area contributed by atoms with Crippen LogP contribution in [0.15, 0.2) is 70.3 Å². The summed E-state index contributed by atoms with van der Waals surface area (Å²) in [6, 6.07) is 18.3. The molecule has 3 aromatic rings. The zero-order valence-electron chi connectivity index (χ0n) is 13.2. The van der Waals surface area contributed by atoms with Crippen molar-refractivity contribution in [3.05, 3.63) is 77.7 Å². The molecule has 0 radical (unpaired) electrons. The van der Waals surface area contributed by atoms with E-state index < -0.39 is 11.8 Å². The molecule has 1 heterocycles. The van der Waals surface area contributed by atoms with Crippen LogP contribution in [0.4, 0.5) is 0 Å². The molecule has 0 aliphatic heterocycles. The molecule has 25 heavy (non-hydrogen) atoms. The maximum Gasteiger partial charge on any atom is 0.277 e. The molecule has 1 aromatic heterocycles. The Kier molecular flexibility index (Phi) is 5.58. The topological polar surface area (TPSA) is 85.1 Å². The van der Waals surface area contributed by atoms with Gasteiger partial charge in [0.15, 0.2) is 0 Å². The van der Waals surface area contributed by atoms with Gasteiger partial charge in [-0.25, -0.2) is 0 Å². The van der Waals surface area contributed by atoms with Gasteiger partial charge < -0.3 is 4.42 Å². The summed E-state index contributed by atoms with van der Waals surface area (Å²) in [6.45, 7) is 0. The fraction of sp³-hybridized carbons (Fsp3) is 0.111. The summed E-state index contributed by atoms with van der Waals surface area (Å²) in [7, 11) is 0. The molecular weight excluding hydrogens is 338 g/mol. The molecule has 1 N–H and O–H groups in total. The third-order valence-electron chi connectivity index (χ3n) is 3.26. The molecule has 0 bridgehead atoms. The van der Waals surface area contributed by atoms with E-state index in [0.29, 0.717) is 23.1 Å². The molecule has 0 saturated heterocycles. The normalized spacial score (nSPS) is 10.4. The van der Waals surface area contributed by atoms with Crippen molar-refractivity contribution in [2.24, 2.45) is 0 Å². The van der Waals surface area contributed by atoms with E-state index in [1.807, 2.05) is 30.3 Å². The van der Waals surface area contributed by atoms with E-state index in [0.717, 1.165) is 17.3 Å². The van der Waals surface area contributed by atoms with Crippen LogP contribution >= 0.6 is 11.8 Å². The Hall–Kier alpha value is -2.93. The molecule has 126 valence electrons. The molecule has 6 nitrogen and oxygen atoms in total. The molecule has 0 spiro atoms. The molecule has 0 unspecified atom stereocenters. The molecular formula is C18H15N3O3S. The van der Waals surface area contributed by atoms with Gasteiger partial charge in [0.05, 0.1) is 12.2 Å². The molecule has 2 amide bonds. The van der Waals surface area contributed by atoms with Gasteiger partial charge in [0.2, 0.25) is 11.8 Å². The fourth-order valence-corrected chi connectivity index (χ4v) is 2.67. The van der Waals surface area contributed by atoms with E-state index in [4.69, 9.17) is 4.42 Å². The maximum absolute atomic E-state index is 11.9. The van der Waals surface area contributed by atoms with E-state index >= 15 is 0 Å². The minimum Gasteiger partial charge on any atom is -0.416 e. The van der Waals surface area contributed by atoms with Gasteiger partial charge in [-0.1, -0.05) is 60.3 Å². The first-order chi connectivity index (χ1) is 12.2. The minimum absolute atomic E-state index is 0.0194. The van der Waals surface area contributed by atoms with Gasteiger partial charge in [0.1, 0.15) is 0 Å². The number of benzene rings is 2. The summed E-state index contributed by atoms with van der Waals surface area (Å²) in [4.78, 5) is 23.7. The number of aromatic nitrogens is 2. The second kappa shape index (κ2) is 8.25.